The van der Waals surface area contributed by atoms with Gasteiger partial charge in [0.15, 0.2) is 0 Å². The summed E-state index contributed by atoms with van der Waals surface area (Å²) in [6, 6.07) is 13.8. The molecule has 1 aromatic carbocycles. The zero-order chi connectivity index (χ0) is 17.0. The third-order valence-electron chi connectivity index (χ3n) is 4.03. The van der Waals surface area contributed by atoms with Crippen molar-refractivity contribution in [2.24, 2.45) is 9.98 Å². The van der Waals surface area contributed by atoms with Crippen molar-refractivity contribution in [1.82, 2.24) is 0 Å². The van der Waals surface area contributed by atoms with Crippen LogP contribution in [-0.2, 0) is 7.19 Å². The van der Waals surface area contributed by atoms with Crippen LogP contribution in [0.5, 0.6) is 0 Å². The van der Waals surface area contributed by atoms with Gasteiger partial charge in [-0.3, -0.25) is 0 Å². The van der Waals surface area contributed by atoms with Gasteiger partial charge in [-0.25, -0.2) is 0 Å². The molecule has 2 aromatic rings. The number of hydrogen-bond donors (Lipinski definition) is 0. The van der Waals surface area contributed by atoms with E-state index in [9.17, 15) is 0 Å². The number of benzene rings is 1. The van der Waals surface area contributed by atoms with Crippen LogP contribution in [0.15, 0.2) is 57.8 Å². The Morgan fingerprint density at radius 3 is 2.04 bits per heavy atom. The van der Waals surface area contributed by atoms with Gasteiger partial charge in [0.25, 0.3) is 0 Å². The summed E-state index contributed by atoms with van der Waals surface area (Å²) in [5.41, 5.74) is 5.81. The molecule has 1 aromatic heterocycles. The van der Waals surface area contributed by atoms with E-state index >= 15 is 0 Å². The molecular weight excluding hydrogens is 436 g/mol. The van der Waals surface area contributed by atoms with Crippen molar-refractivity contribution < 1.29 is 7.19 Å². The van der Waals surface area contributed by atoms with Gasteiger partial charge < -0.3 is 0 Å². The SMILES string of the molecule is [CH3][Ru]([CH3])([CH3])([Cl])([Cl])(=[CH]c1cccs1)(=[C]1N=CC=N1)[c]1ccccc1. The topological polar surface area (TPSA) is 24.7 Å². The molecule has 0 atom stereocenters. The molecule has 0 N–H and O–H groups in total. The first-order valence-electron chi connectivity index (χ1n) is 6.78. The summed E-state index contributed by atoms with van der Waals surface area (Å²) < 4.78 is 3.30. The van der Waals surface area contributed by atoms with E-state index in [-0.39, 0.29) is 0 Å². The van der Waals surface area contributed by atoms with Crippen molar-refractivity contribution in [2.75, 3.05) is 0 Å². The average Bonchev–Trinajstić information content (AvgIpc) is 3.11. The fourth-order valence-electron chi connectivity index (χ4n) is 2.66. The number of halogens is 2. The van der Waals surface area contributed by atoms with E-state index in [2.05, 4.69) is 9.98 Å². The molecule has 0 bridgehead atoms. The molecule has 0 radical (unpaired) electrons. The van der Waals surface area contributed by atoms with Crippen molar-refractivity contribution in [3.63, 3.8) is 0 Å². The summed E-state index contributed by atoms with van der Waals surface area (Å²) in [6.45, 7) is 0. The predicted molar refractivity (Wildman–Crippen MR) is 107 cm³/mol. The predicted octanol–water partition coefficient (Wildman–Crippen LogP) is 5.22. The maximum atomic E-state index is 7.79. The van der Waals surface area contributed by atoms with E-state index in [4.69, 9.17) is 19.4 Å². The molecule has 6 heteroatoms. The Hall–Kier alpha value is -0.797. The second-order valence-corrected chi connectivity index (χ2v) is 48.8. The normalized spacial score (nSPS) is 21.2. The molecule has 0 spiro atoms. The first-order valence-corrected chi connectivity index (χ1v) is 20.1. The molecular formula is C17H20Cl2N2RuS. The van der Waals surface area contributed by atoms with Crippen LogP contribution in [0.4, 0.5) is 0 Å². The van der Waals surface area contributed by atoms with Crippen LogP contribution in [0.2, 0.25) is 16.6 Å². The zero-order valence-electron chi connectivity index (χ0n) is 13.3. The third-order valence-corrected chi connectivity index (χ3v) is 21.9. The second kappa shape index (κ2) is 3.43. The number of hydrogen-bond acceptors (Lipinski definition) is 3. The van der Waals surface area contributed by atoms with Crippen molar-refractivity contribution in [2.45, 2.75) is 16.6 Å². The Morgan fingerprint density at radius 2 is 1.52 bits per heavy atom. The minimum atomic E-state index is -6.01. The van der Waals surface area contributed by atoms with Crippen LogP contribution < -0.4 is 4.16 Å². The van der Waals surface area contributed by atoms with Gasteiger partial charge in [-0.2, -0.15) is 0 Å². The Balaban J connectivity index is 2.86. The van der Waals surface area contributed by atoms with E-state index in [1.54, 1.807) is 23.8 Å². The molecule has 0 saturated carbocycles. The van der Waals surface area contributed by atoms with Gasteiger partial charge in [0.1, 0.15) is 0 Å². The Bertz CT molecular complexity index is 1100. The van der Waals surface area contributed by atoms with E-state index in [1.165, 1.54) is 0 Å². The average molecular weight is 456 g/mol. The van der Waals surface area contributed by atoms with Gasteiger partial charge >= 0.3 is 143 Å². The summed E-state index contributed by atoms with van der Waals surface area (Å²) in [4.78, 5) is 9.99. The Labute approximate surface area is 142 Å². The van der Waals surface area contributed by atoms with Gasteiger partial charge in [0.2, 0.25) is 0 Å². The molecule has 3 rings (SSSR count). The zero-order valence-corrected chi connectivity index (χ0v) is 17.3. The molecule has 1 aliphatic heterocycles. The standard InChI is InChI=1S/C6H5.C5H4S.C3H2N2.3CH3.2ClH.Ru/c1-2-4-6-5-3-1;1-5-3-2-4-6-5;1-2-5-3-4-1;;;;;;/h1-5H;1-4H;1-2H;3*1H3;2*1H;/q;;;;;;;;+2/p-2. The number of thiophene rings is 1. The van der Waals surface area contributed by atoms with Crippen LogP contribution in [0.1, 0.15) is 4.88 Å². The first-order chi connectivity index (χ1) is 10.3. The minimum absolute atomic E-state index is 0.464. The molecule has 0 aliphatic carbocycles. The van der Waals surface area contributed by atoms with Crippen molar-refractivity contribution in [1.29, 1.82) is 0 Å². The van der Waals surface area contributed by atoms with Gasteiger partial charge in [-0.15, -0.1) is 0 Å². The van der Waals surface area contributed by atoms with Crippen LogP contribution >= 0.6 is 30.7 Å². The quantitative estimate of drug-likeness (QED) is 0.554. The molecule has 0 unspecified atom stereocenters. The molecule has 126 valence electrons. The van der Waals surface area contributed by atoms with Gasteiger partial charge in [-0.1, -0.05) is 0 Å². The van der Waals surface area contributed by atoms with Crippen LogP contribution in [0, 0.1) is 0 Å². The molecule has 0 fully saturated rings. The van der Waals surface area contributed by atoms with Crippen LogP contribution in [0.25, 0.3) is 0 Å². The molecule has 1 aliphatic rings. The molecule has 2 heterocycles. The third kappa shape index (κ3) is 2.31. The Morgan fingerprint density at radius 1 is 0.913 bits per heavy atom. The fourth-order valence-corrected chi connectivity index (χ4v) is 18.4. The van der Waals surface area contributed by atoms with Crippen molar-refractivity contribution >= 4 is 56.3 Å². The summed E-state index contributed by atoms with van der Waals surface area (Å²) in [5, 5.41) is 2.01. The Kier molecular flexibility index (Phi) is 2.54. The monoisotopic (exact) mass is 456 g/mol. The van der Waals surface area contributed by atoms with Crippen molar-refractivity contribution in [3.8, 4) is 0 Å². The molecule has 0 amide bonds. The van der Waals surface area contributed by atoms with E-state index in [0.717, 1.165) is 9.03 Å². The summed E-state index contributed by atoms with van der Waals surface area (Å²) in [6.07, 6.45) is 3.28. The van der Waals surface area contributed by atoms with Gasteiger partial charge in [0, 0.05) is 0 Å². The fraction of sp³-hybridized carbons (Fsp3) is 0.176. The maximum absolute atomic E-state index is 7.79. The van der Waals surface area contributed by atoms with Crippen LogP contribution in [-0.4, -0.2) is 21.4 Å². The van der Waals surface area contributed by atoms with Gasteiger partial charge in [0.05, 0.1) is 0 Å². The first kappa shape index (κ1) is 17.0. The summed E-state index contributed by atoms with van der Waals surface area (Å²) in [7, 11) is 9.58. The summed E-state index contributed by atoms with van der Waals surface area (Å²) >= 11 is 1.60. The van der Waals surface area contributed by atoms with E-state index < -0.39 is 7.19 Å². The number of rotatable bonds is 2. The van der Waals surface area contributed by atoms with Crippen molar-refractivity contribution in [3.05, 3.63) is 52.7 Å². The number of nitrogens with zero attached hydrogens (tertiary/aromatic N) is 2. The van der Waals surface area contributed by atoms with Crippen LogP contribution in [0.3, 0.4) is 0 Å². The molecule has 2 nitrogen and oxygen atoms in total. The second-order valence-electron chi connectivity index (χ2n) is 7.51. The van der Waals surface area contributed by atoms with Gasteiger partial charge in [-0.05, 0) is 0 Å². The van der Waals surface area contributed by atoms with E-state index in [0.29, 0.717) is 4.35 Å². The molecule has 23 heavy (non-hydrogen) atoms. The van der Waals surface area contributed by atoms with E-state index in [1.807, 2.05) is 69.0 Å². The molecule has 0 saturated heterocycles. The number of aliphatic imine (C=N–C) groups is 2. The summed E-state index contributed by atoms with van der Waals surface area (Å²) in [5.74, 6) is 0.